The summed E-state index contributed by atoms with van der Waals surface area (Å²) in [6.07, 6.45) is 7.04. The van der Waals surface area contributed by atoms with Crippen molar-refractivity contribution in [1.29, 1.82) is 0 Å². The molecule has 0 saturated heterocycles. The van der Waals surface area contributed by atoms with Gasteiger partial charge in [-0.15, -0.1) is 0 Å². The topological polar surface area (TPSA) is 50.3 Å². The molecule has 5 heteroatoms. The second kappa shape index (κ2) is 13.8. The van der Waals surface area contributed by atoms with Gasteiger partial charge in [0.25, 0.3) is 0 Å². The predicted octanol–water partition coefficient (Wildman–Crippen LogP) is 6.94. The second-order valence-electron chi connectivity index (χ2n) is 10.0. The average molecular weight is 497 g/mol. The molecule has 0 amide bonds. The zero-order chi connectivity index (χ0) is 25.9. The number of para-hydroxylation sites is 2. The van der Waals surface area contributed by atoms with E-state index in [1.165, 1.54) is 43.2 Å². The van der Waals surface area contributed by atoms with E-state index in [4.69, 9.17) is 4.74 Å². The quantitative estimate of drug-likeness (QED) is 0.286. The van der Waals surface area contributed by atoms with Gasteiger partial charge < -0.3 is 15.0 Å². The molecular weight excluding hydrogens is 456 g/mol. The van der Waals surface area contributed by atoms with Crippen LogP contribution in [0.4, 0.5) is 5.82 Å². The van der Waals surface area contributed by atoms with Crippen LogP contribution in [-0.2, 0) is 13.2 Å². The summed E-state index contributed by atoms with van der Waals surface area (Å²) in [5, 5.41) is 4.75. The minimum absolute atomic E-state index is 0.630. The van der Waals surface area contributed by atoms with Crippen LogP contribution in [0.2, 0.25) is 0 Å². The number of anilines is 1. The van der Waals surface area contributed by atoms with Gasteiger partial charge in [-0.1, -0.05) is 73.9 Å². The first kappa shape index (κ1) is 26.6. The number of hydrogen-bond donors (Lipinski definition) is 1. The first-order chi connectivity index (χ1) is 18.1. The lowest BCUT2D eigenvalue weighted by atomic mass is 9.89. The van der Waals surface area contributed by atoms with Gasteiger partial charge in [-0.3, -0.25) is 0 Å². The summed E-state index contributed by atoms with van der Waals surface area (Å²) in [5.41, 5.74) is 3.62. The first-order valence-corrected chi connectivity index (χ1v) is 13.5. The molecule has 1 saturated carbocycles. The lowest BCUT2D eigenvalue weighted by molar-refractivity contribution is 0.304. The van der Waals surface area contributed by atoms with Crippen LogP contribution >= 0.6 is 0 Å². The largest absolute Gasteiger partial charge is 0.489 e. The fourth-order valence-corrected chi connectivity index (χ4v) is 4.86. The van der Waals surface area contributed by atoms with Crippen molar-refractivity contribution in [2.75, 3.05) is 25.5 Å². The number of nitrogens with zero attached hydrogens (tertiary/aromatic N) is 3. The Bertz CT molecular complexity index is 1240. The molecule has 5 nitrogen and oxygen atoms in total. The standard InChI is InChI=1S/C21H27NO.C11H13N3/c1-3-9-18(10-4-1)15-22-16-19-11-7-8-12-20(19)17-23-21-13-5-2-6-14-21;1-8-12-10-7-5-4-6-9(10)11(13-8)14(2)3/h2,5-8,11-14,18,22H,1,3-4,9-10,15-17H2;4-7H,1-3H3. The Labute approximate surface area is 221 Å². The molecule has 0 bridgehead atoms. The number of rotatable bonds is 8. The van der Waals surface area contributed by atoms with Gasteiger partial charge in [-0.05, 0) is 67.6 Å². The molecule has 0 spiro atoms. The van der Waals surface area contributed by atoms with Crippen molar-refractivity contribution in [1.82, 2.24) is 15.3 Å². The van der Waals surface area contributed by atoms with Crippen LogP contribution in [0.5, 0.6) is 5.75 Å². The molecule has 5 rings (SSSR count). The van der Waals surface area contributed by atoms with Gasteiger partial charge in [-0.25, -0.2) is 9.97 Å². The fraction of sp³-hybridized carbons (Fsp3) is 0.375. The molecular formula is C32H40N4O. The summed E-state index contributed by atoms with van der Waals surface area (Å²) >= 11 is 0. The fourth-order valence-electron chi connectivity index (χ4n) is 4.86. The third-order valence-electron chi connectivity index (χ3n) is 6.85. The number of aromatic nitrogens is 2. The molecule has 194 valence electrons. The van der Waals surface area contributed by atoms with Crippen LogP contribution < -0.4 is 15.0 Å². The maximum atomic E-state index is 5.90. The second-order valence-corrected chi connectivity index (χ2v) is 10.0. The number of ether oxygens (including phenoxy) is 1. The van der Waals surface area contributed by atoms with Crippen LogP contribution in [-0.4, -0.2) is 30.6 Å². The van der Waals surface area contributed by atoms with Crippen LogP contribution in [0.3, 0.4) is 0 Å². The molecule has 1 aliphatic carbocycles. The van der Waals surface area contributed by atoms with Gasteiger partial charge in [0.1, 0.15) is 24.0 Å². The van der Waals surface area contributed by atoms with Gasteiger partial charge in [0.2, 0.25) is 0 Å². The average Bonchev–Trinajstić information content (AvgIpc) is 2.93. The molecule has 0 atom stereocenters. The summed E-state index contributed by atoms with van der Waals surface area (Å²) in [6.45, 7) is 4.63. The number of benzene rings is 3. The molecule has 1 aliphatic rings. The van der Waals surface area contributed by atoms with Gasteiger partial charge in [0, 0.05) is 26.0 Å². The zero-order valence-electron chi connectivity index (χ0n) is 22.5. The van der Waals surface area contributed by atoms with Crippen molar-refractivity contribution in [2.45, 2.75) is 52.2 Å². The normalized spacial score (nSPS) is 13.6. The SMILES string of the molecule is Cc1nc(N(C)C)c2ccccc2n1.c1ccc(OCc2ccccc2CNCC2CCCCC2)cc1. The highest BCUT2D eigenvalue weighted by Crippen LogP contribution is 2.23. The molecule has 0 aliphatic heterocycles. The highest BCUT2D eigenvalue weighted by molar-refractivity contribution is 5.89. The Balaban J connectivity index is 0.000000195. The molecule has 0 radical (unpaired) electrons. The van der Waals surface area contributed by atoms with Crippen molar-refractivity contribution in [3.63, 3.8) is 0 Å². The van der Waals surface area contributed by atoms with Crippen molar-refractivity contribution in [3.8, 4) is 5.75 Å². The summed E-state index contributed by atoms with van der Waals surface area (Å²) in [5.74, 6) is 3.59. The summed E-state index contributed by atoms with van der Waals surface area (Å²) < 4.78 is 5.90. The maximum absolute atomic E-state index is 5.90. The molecule has 1 N–H and O–H groups in total. The van der Waals surface area contributed by atoms with E-state index in [1.54, 1.807) is 0 Å². The molecule has 1 heterocycles. The summed E-state index contributed by atoms with van der Waals surface area (Å²) in [7, 11) is 3.99. The minimum Gasteiger partial charge on any atom is -0.489 e. The van der Waals surface area contributed by atoms with E-state index in [0.717, 1.165) is 47.3 Å². The van der Waals surface area contributed by atoms with Crippen LogP contribution in [0.1, 0.15) is 49.1 Å². The Hall–Kier alpha value is -3.44. The van der Waals surface area contributed by atoms with Gasteiger partial charge in [0.05, 0.1) is 5.52 Å². The smallest absolute Gasteiger partial charge is 0.139 e. The van der Waals surface area contributed by atoms with E-state index in [0.29, 0.717) is 6.61 Å². The molecule has 1 fully saturated rings. The number of nitrogens with one attached hydrogen (secondary N) is 1. The molecule has 0 unspecified atom stereocenters. The van der Waals surface area contributed by atoms with E-state index in [-0.39, 0.29) is 0 Å². The highest BCUT2D eigenvalue weighted by atomic mass is 16.5. The molecule has 1 aromatic heterocycles. The first-order valence-electron chi connectivity index (χ1n) is 13.5. The third-order valence-corrected chi connectivity index (χ3v) is 6.85. The summed E-state index contributed by atoms with van der Waals surface area (Å²) in [6, 6.07) is 26.7. The molecule has 3 aromatic carbocycles. The van der Waals surface area contributed by atoms with Crippen LogP contribution in [0.25, 0.3) is 10.9 Å². The van der Waals surface area contributed by atoms with E-state index in [9.17, 15) is 0 Å². The van der Waals surface area contributed by atoms with Crippen molar-refractivity contribution < 1.29 is 4.74 Å². The van der Waals surface area contributed by atoms with Crippen molar-refractivity contribution in [2.24, 2.45) is 5.92 Å². The number of hydrogen-bond acceptors (Lipinski definition) is 5. The van der Waals surface area contributed by atoms with Crippen LogP contribution in [0, 0.1) is 12.8 Å². The van der Waals surface area contributed by atoms with Gasteiger partial charge in [0.15, 0.2) is 0 Å². The summed E-state index contributed by atoms with van der Waals surface area (Å²) in [4.78, 5) is 10.8. The van der Waals surface area contributed by atoms with E-state index in [1.807, 2.05) is 80.5 Å². The number of aryl methyl sites for hydroxylation is 1. The monoisotopic (exact) mass is 496 g/mol. The Morgan fingerprint density at radius 2 is 1.49 bits per heavy atom. The Morgan fingerprint density at radius 3 is 2.24 bits per heavy atom. The predicted molar refractivity (Wildman–Crippen MR) is 154 cm³/mol. The zero-order valence-corrected chi connectivity index (χ0v) is 22.5. The lowest BCUT2D eigenvalue weighted by Gasteiger charge is -2.22. The molecule has 37 heavy (non-hydrogen) atoms. The molecule has 4 aromatic rings. The van der Waals surface area contributed by atoms with E-state index >= 15 is 0 Å². The third kappa shape index (κ3) is 8.02. The Kier molecular flexibility index (Phi) is 9.89. The van der Waals surface area contributed by atoms with Gasteiger partial charge >= 0.3 is 0 Å². The minimum atomic E-state index is 0.630. The number of fused-ring (bicyclic) bond motifs is 1. The van der Waals surface area contributed by atoms with Crippen molar-refractivity contribution in [3.05, 3.63) is 95.8 Å². The highest BCUT2D eigenvalue weighted by Gasteiger charge is 2.13. The van der Waals surface area contributed by atoms with Crippen molar-refractivity contribution >= 4 is 16.7 Å². The van der Waals surface area contributed by atoms with E-state index in [2.05, 4.69) is 39.6 Å². The lowest BCUT2D eigenvalue weighted by Crippen LogP contribution is -2.24. The Morgan fingerprint density at radius 1 is 0.811 bits per heavy atom. The van der Waals surface area contributed by atoms with Crippen LogP contribution in [0.15, 0.2) is 78.9 Å². The van der Waals surface area contributed by atoms with E-state index < -0.39 is 0 Å². The van der Waals surface area contributed by atoms with Gasteiger partial charge in [-0.2, -0.15) is 0 Å². The maximum Gasteiger partial charge on any atom is 0.139 e.